The molecule has 3 rings (SSSR count). The quantitative estimate of drug-likeness (QED) is 0.566. The van der Waals surface area contributed by atoms with Gasteiger partial charge in [-0.05, 0) is 24.1 Å². The van der Waals surface area contributed by atoms with Gasteiger partial charge < -0.3 is 10.6 Å². The molecule has 1 saturated heterocycles. The summed E-state index contributed by atoms with van der Waals surface area (Å²) < 4.78 is 0. The Balaban J connectivity index is 2.00. The van der Waals surface area contributed by atoms with Crippen molar-refractivity contribution in [1.82, 2.24) is 10.6 Å². The highest BCUT2D eigenvalue weighted by Gasteiger charge is 2.31. The van der Waals surface area contributed by atoms with Crippen LogP contribution in [0.15, 0.2) is 35.5 Å². The molecule has 2 nitrogen and oxygen atoms in total. The van der Waals surface area contributed by atoms with Gasteiger partial charge in [0.05, 0.1) is 6.04 Å². The first-order valence-corrected chi connectivity index (χ1v) is 5.00. The maximum atomic E-state index is 3.64. The lowest BCUT2D eigenvalue weighted by molar-refractivity contribution is 0.492. The van der Waals surface area contributed by atoms with Crippen molar-refractivity contribution < 1.29 is 0 Å². The van der Waals surface area contributed by atoms with E-state index in [2.05, 4.69) is 34.9 Å². The van der Waals surface area contributed by atoms with E-state index in [-0.39, 0.29) is 0 Å². The van der Waals surface area contributed by atoms with Crippen LogP contribution in [-0.4, -0.2) is 25.2 Å². The summed E-state index contributed by atoms with van der Waals surface area (Å²) in [5.74, 6) is 0. The second kappa shape index (κ2) is 2.82. The van der Waals surface area contributed by atoms with Crippen molar-refractivity contribution in [2.45, 2.75) is 18.5 Å². The normalized spacial score (nSPS) is 36.3. The van der Waals surface area contributed by atoms with Gasteiger partial charge in [0.15, 0.2) is 0 Å². The van der Waals surface area contributed by atoms with Crippen LogP contribution in [0.5, 0.6) is 0 Å². The minimum Gasteiger partial charge on any atom is -0.313 e. The summed E-state index contributed by atoms with van der Waals surface area (Å²) in [5, 5.41) is 7.08. The molecule has 0 aromatic rings. The van der Waals surface area contributed by atoms with Crippen molar-refractivity contribution >= 4 is 0 Å². The molecule has 2 unspecified atom stereocenters. The van der Waals surface area contributed by atoms with Gasteiger partial charge in [-0.15, -0.1) is 0 Å². The van der Waals surface area contributed by atoms with E-state index < -0.39 is 0 Å². The summed E-state index contributed by atoms with van der Waals surface area (Å²) in [7, 11) is 0. The number of nitrogens with one attached hydrogen (secondary N) is 2. The SMILES string of the molecule is C1=CC2=C3CNCCC3NC2C=C1. The van der Waals surface area contributed by atoms with Crippen molar-refractivity contribution in [1.29, 1.82) is 0 Å². The zero-order chi connectivity index (χ0) is 8.67. The van der Waals surface area contributed by atoms with Gasteiger partial charge in [0.25, 0.3) is 0 Å². The molecule has 2 aliphatic heterocycles. The molecule has 2 N–H and O–H groups in total. The summed E-state index contributed by atoms with van der Waals surface area (Å²) >= 11 is 0. The molecule has 0 aromatic carbocycles. The first-order chi connectivity index (χ1) is 6.45. The van der Waals surface area contributed by atoms with E-state index in [0.29, 0.717) is 12.1 Å². The predicted molar refractivity (Wildman–Crippen MR) is 53.5 cm³/mol. The molecule has 0 amide bonds. The molecule has 0 aromatic heterocycles. The maximum absolute atomic E-state index is 3.64. The number of hydrogen-bond acceptors (Lipinski definition) is 2. The van der Waals surface area contributed by atoms with Crippen LogP contribution in [0.3, 0.4) is 0 Å². The third-order valence-corrected chi connectivity index (χ3v) is 3.12. The van der Waals surface area contributed by atoms with Crippen LogP contribution in [0.1, 0.15) is 6.42 Å². The minimum absolute atomic E-state index is 0.491. The van der Waals surface area contributed by atoms with E-state index in [4.69, 9.17) is 0 Å². The van der Waals surface area contributed by atoms with E-state index in [1.807, 2.05) is 0 Å². The van der Waals surface area contributed by atoms with Crippen molar-refractivity contribution in [3.8, 4) is 0 Å². The number of allylic oxidation sites excluding steroid dienone is 2. The van der Waals surface area contributed by atoms with Crippen LogP contribution in [0.25, 0.3) is 0 Å². The summed E-state index contributed by atoms with van der Waals surface area (Å²) in [6.45, 7) is 2.22. The average molecular weight is 174 g/mol. The van der Waals surface area contributed by atoms with E-state index in [9.17, 15) is 0 Å². The lowest BCUT2D eigenvalue weighted by atomic mass is 9.96. The van der Waals surface area contributed by atoms with Crippen molar-refractivity contribution in [3.05, 3.63) is 35.5 Å². The lowest BCUT2D eigenvalue weighted by Crippen LogP contribution is -2.39. The number of rotatable bonds is 0. The van der Waals surface area contributed by atoms with E-state index in [1.54, 1.807) is 5.57 Å². The second-order valence-corrected chi connectivity index (χ2v) is 3.89. The third kappa shape index (κ3) is 1.10. The van der Waals surface area contributed by atoms with Crippen LogP contribution < -0.4 is 10.6 Å². The minimum atomic E-state index is 0.491. The van der Waals surface area contributed by atoms with Gasteiger partial charge in [0.1, 0.15) is 0 Å². The monoisotopic (exact) mass is 174 g/mol. The van der Waals surface area contributed by atoms with Gasteiger partial charge in [-0.3, -0.25) is 0 Å². The Bertz CT molecular complexity index is 312. The fourth-order valence-corrected chi connectivity index (χ4v) is 2.46. The zero-order valence-electron chi connectivity index (χ0n) is 7.59. The summed E-state index contributed by atoms with van der Waals surface area (Å²) in [5.41, 5.74) is 3.08. The van der Waals surface area contributed by atoms with Gasteiger partial charge in [-0.1, -0.05) is 24.3 Å². The van der Waals surface area contributed by atoms with E-state index >= 15 is 0 Å². The fourth-order valence-electron chi connectivity index (χ4n) is 2.46. The second-order valence-electron chi connectivity index (χ2n) is 3.89. The summed E-state index contributed by atoms with van der Waals surface area (Å²) in [6, 6.07) is 1.12. The van der Waals surface area contributed by atoms with Crippen LogP contribution >= 0.6 is 0 Å². The highest BCUT2D eigenvalue weighted by atomic mass is 15.0. The van der Waals surface area contributed by atoms with Crippen molar-refractivity contribution in [3.63, 3.8) is 0 Å². The zero-order valence-corrected chi connectivity index (χ0v) is 7.59. The fraction of sp³-hybridized carbons (Fsp3) is 0.455. The van der Waals surface area contributed by atoms with E-state index in [0.717, 1.165) is 13.1 Å². The highest BCUT2D eigenvalue weighted by Crippen LogP contribution is 2.28. The topological polar surface area (TPSA) is 24.1 Å². The molecule has 68 valence electrons. The van der Waals surface area contributed by atoms with Gasteiger partial charge in [-0.2, -0.15) is 0 Å². The molecular formula is C11H14N2. The first kappa shape index (κ1) is 7.54. The predicted octanol–water partition coefficient (Wildman–Crippen LogP) is 0.743. The van der Waals surface area contributed by atoms with Crippen LogP contribution in [0.2, 0.25) is 0 Å². The van der Waals surface area contributed by atoms with Crippen molar-refractivity contribution in [2.75, 3.05) is 13.1 Å². The van der Waals surface area contributed by atoms with Crippen LogP contribution in [-0.2, 0) is 0 Å². The largest absolute Gasteiger partial charge is 0.313 e. The molecule has 1 fully saturated rings. The molecule has 3 aliphatic rings. The van der Waals surface area contributed by atoms with Gasteiger partial charge in [-0.25, -0.2) is 0 Å². The molecule has 2 heterocycles. The number of piperidine rings is 1. The Kier molecular flexibility index (Phi) is 1.64. The van der Waals surface area contributed by atoms with E-state index in [1.165, 1.54) is 12.0 Å². The Morgan fingerprint density at radius 1 is 1.31 bits per heavy atom. The smallest absolute Gasteiger partial charge is 0.0514 e. The number of fused-ring (bicyclic) bond motifs is 2. The summed E-state index contributed by atoms with van der Waals surface area (Å²) in [4.78, 5) is 0. The number of hydrogen-bond donors (Lipinski definition) is 2. The Morgan fingerprint density at radius 2 is 2.31 bits per heavy atom. The average Bonchev–Trinajstić information content (AvgIpc) is 2.56. The molecule has 2 atom stereocenters. The van der Waals surface area contributed by atoms with Crippen molar-refractivity contribution in [2.24, 2.45) is 0 Å². The Morgan fingerprint density at radius 3 is 3.31 bits per heavy atom. The van der Waals surface area contributed by atoms with Gasteiger partial charge in [0, 0.05) is 12.6 Å². The molecule has 0 saturated carbocycles. The summed E-state index contributed by atoms with van der Waals surface area (Å²) in [6.07, 6.45) is 10.0. The van der Waals surface area contributed by atoms with Crippen LogP contribution in [0, 0.1) is 0 Å². The molecule has 13 heavy (non-hydrogen) atoms. The molecule has 0 spiro atoms. The molecule has 0 bridgehead atoms. The van der Waals surface area contributed by atoms with Gasteiger partial charge in [0.2, 0.25) is 0 Å². The molecule has 2 heteroatoms. The third-order valence-electron chi connectivity index (χ3n) is 3.12. The molecule has 1 aliphatic carbocycles. The van der Waals surface area contributed by atoms with Crippen LogP contribution in [0.4, 0.5) is 0 Å². The maximum Gasteiger partial charge on any atom is 0.0514 e. The Hall–Kier alpha value is -0.860. The van der Waals surface area contributed by atoms with Gasteiger partial charge >= 0.3 is 0 Å². The molecular weight excluding hydrogens is 160 g/mol. The molecule has 0 radical (unpaired) electrons. The first-order valence-electron chi connectivity index (χ1n) is 5.00. The standard InChI is InChI=1S/C11H14N2/c1-2-4-10-8(3-1)9-7-12-6-5-11(9)13-10/h1-4,10-13H,5-7H2. The lowest BCUT2D eigenvalue weighted by Gasteiger charge is -2.22. The Labute approximate surface area is 78.4 Å². The highest BCUT2D eigenvalue weighted by molar-refractivity contribution is 5.46.